The molecular weight excluding hydrogens is 264 g/mol. The maximum Gasteiger partial charge on any atom is 0.165 e. The van der Waals surface area contributed by atoms with E-state index in [0.29, 0.717) is 19.3 Å². The number of hydrogen-bond donors (Lipinski definition) is 1. The van der Waals surface area contributed by atoms with Gasteiger partial charge < -0.3 is 14.8 Å². The van der Waals surface area contributed by atoms with E-state index in [1.807, 2.05) is 6.08 Å². The summed E-state index contributed by atoms with van der Waals surface area (Å²) in [5.41, 5.74) is 1.03. The largest absolute Gasteiger partial charge is 0.487 e. The molecule has 0 aliphatic carbocycles. The van der Waals surface area contributed by atoms with Crippen molar-refractivity contribution >= 4 is 5.84 Å². The third-order valence-corrected chi connectivity index (χ3v) is 3.47. The highest BCUT2D eigenvalue weighted by Crippen LogP contribution is 2.21. The van der Waals surface area contributed by atoms with Crippen LogP contribution in [0, 0.1) is 0 Å². The van der Waals surface area contributed by atoms with E-state index >= 15 is 0 Å². The number of amidine groups is 1. The molecule has 0 fully saturated rings. The first-order valence-corrected chi connectivity index (χ1v) is 7.99. The van der Waals surface area contributed by atoms with Crippen LogP contribution in [0.25, 0.3) is 0 Å². The lowest BCUT2D eigenvalue weighted by Crippen LogP contribution is -2.37. The summed E-state index contributed by atoms with van der Waals surface area (Å²) >= 11 is 0. The van der Waals surface area contributed by atoms with Gasteiger partial charge in [0.1, 0.15) is 6.61 Å². The fraction of sp³-hybridized carbons (Fsp3) is 0.706. The molecule has 0 saturated heterocycles. The molecule has 1 aliphatic rings. The molecule has 0 bridgehead atoms. The number of hydrogen-bond acceptors (Lipinski definition) is 4. The Morgan fingerprint density at radius 3 is 2.71 bits per heavy atom. The summed E-state index contributed by atoms with van der Waals surface area (Å²) in [6.07, 6.45) is 6.40. The van der Waals surface area contributed by atoms with Gasteiger partial charge in [-0.05, 0) is 31.4 Å². The minimum atomic E-state index is 0.168. The minimum absolute atomic E-state index is 0.168. The standard InChI is InChI=1S/C17H30N2O2/c1-6-8-14(4)18-17-16(21-11-10-20-5)12-13(3)15(19-17)9-7-2/h12,14-15H,3,6-11H2,1-2,4-5H3,(H,18,19). The first-order chi connectivity index (χ1) is 10.1. The molecule has 2 atom stereocenters. The highest BCUT2D eigenvalue weighted by molar-refractivity contribution is 5.98. The summed E-state index contributed by atoms with van der Waals surface area (Å²) in [5.74, 6) is 1.64. The van der Waals surface area contributed by atoms with Crippen molar-refractivity contribution in [3.63, 3.8) is 0 Å². The van der Waals surface area contributed by atoms with E-state index in [4.69, 9.17) is 14.5 Å². The molecule has 0 radical (unpaired) electrons. The number of dihydropyridines is 1. The predicted molar refractivity (Wildman–Crippen MR) is 88.7 cm³/mol. The SMILES string of the molecule is C=C1C=C(OCCOC)C(NC(C)CCC)=NC1CCC. The molecular formula is C17H30N2O2. The lowest BCUT2D eigenvalue weighted by molar-refractivity contribution is 0.116. The normalized spacial score (nSPS) is 19.8. The van der Waals surface area contributed by atoms with Crippen LogP contribution in [0.5, 0.6) is 0 Å². The van der Waals surface area contributed by atoms with E-state index in [0.717, 1.165) is 42.9 Å². The predicted octanol–water partition coefficient (Wildman–Crippen LogP) is 3.45. The zero-order valence-corrected chi connectivity index (χ0v) is 13.9. The third kappa shape index (κ3) is 5.92. The van der Waals surface area contributed by atoms with E-state index in [2.05, 4.69) is 32.7 Å². The summed E-state index contributed by atoms with van der Waals surface area (Å²) in [5, 5.41) is 3.48. The van der Waals surface area contributed by atoms with Gasteiger partial charge in [0, 0.05) is 13.2 Å². The molecule has 1 heterocycles. The summed E-state index contributed by atoms with van der Waals surface area (Å²) < 4.78 is 10.8. The third-order valence-electron chi connectivity index (χ3n) is 3.47. The Morgan fingerprint density at radius 1 is 1.33 bits per heavy atom. The van der Waals surface area contributed by atoms with Gasteiger partial charge in [0.25, 0.3) is 0 Å². The van der Waals surface area contributed by atoms with Gasteiger partial charge in [-0.2, -0.15) is 0 Å². The Bertz CT molecular complexity index is 388. The van der Waals surface area contributed by atoms with Crippen molar-refractivity contribution in [3.05, 3.63) is 24.0 Å². The molecule has 0 aromatic heterocycles. The van der Waals surface area contributed by atoms with Crippen molar-refractivity contribution in [2.45, 2.75) is 58.5 Å². The minimum Gasteiger partial charge on any atom is -0.487 e. The smallest absolute Gasteiger partial charge is 0.165 e. The quantitative estimate of drug-likeness (QED) is 0.662. The first kappa shape index (κ1) is 17.8. The molecule has 4 heteroatoms. The van der Waals surface area contributed by atoms with Crippen LogP contribution in [-0.4, -0.2) is 38.2 Å². The summed E-state index contributed by atoms with van der Waals surface area (Å²) in [6.45, 7) is 11.8. The maximum absolute atomic E-state index is 5.79. The number of ether oxygens (including phenoxy) is 2. The van der Waals surface area contributed by atoms with Gasteiger partial charge in [0.15, 0.2) is 11.6 Å². The second-order valence-electron chi connectivity index (χ2n) is 5.54. The van der Waals surface area contributed by atoms with Crippen LogP contribution in [0.4, 0.5) is 0 Å². The average Bonchev–Trinajstić information content (AvgIpc) is 2.44. The van der Waals surface area contributed by atoms with Crippen molar-refractivity contribution in [1.29, 1.82) is 0 Å². The van der Waals surface area contributed by atoms with Crippen LogP contribution in [0.2, 0.25) is 0 Å². The Kier molecular flexibility index (Phi) is 8.13. The van der Waals surface area contributed by atoms with Crippen LogP contribution in [0.15, 0.2) is 29.0 Å². The van der Waals surface area contributed by atoms with Crippen molar-refractivity contribution in [3.8, 4) is 0 Å². The number of methoxy groups -OCH3 is 1. The van der Waals surface area contributed by atoms with Gasteiger partial charge in [-0.3, -0.25) is 4.99 Å². The van der Waals surface area contributed by atoms with Gasteiger partial charge in [-0.25, -0.2) is 0 Å². The molecule has 0 aromatic rings. The molecule has 21 heavy (non-hydrogen) atoms. The van der Waals surface area contributed by atoms with Crippen molar-refractivity contribution in [1.82, 2.24) is 5.32 Å². The Labute approximate surface area is 129 Å². The molecule has 1 aliphatic heterocycles. The van der Waals surface area contributed by atoms with E-state index in [1.54, 1.807) is 7.11 Å². The van der Waals surface area contributed by atoms with Gasteiger partial charge in [0.05, 0.1) is 12.6 Å². The molecule has 1 rings (SSSR count). The molecule has 120 valence electrons. The molecule has 0 amide bonds. The van der Waals surface area contributed by atoms with Gasteiger partial charge in [-0.1, -0.05) is 33.3 Å². The Balaban J connectivity index is 2.78. The lowest BCUT2D eigenvalue weighted by Gasteiger charge is -2.26. The Morgan fingerprint density at radius 2 is 2.10 bits per heavy atom. The Hall–Kier alpha value is -1.29. The molecule has 0 saturated carbocycles. The summed E-state index contributed by atoms with van der Waals surface area (Å²) in [7, 11) is 1.67. The number of nitrogens with one attached hydrogen (secondary N) is 1. The monoisotopic (exact) mass is 294 g/mol. The van der Waals surface area contributed by atoms with Gasteiger partial charge in [0.2, 0.25) is 0 Å². The number of rotatable bonds is 9. The van der Waals surface area contributed by atoms with Crippen molar-refractivity contribution < 1.29 is 9.47 Å². The van der Waals surface area contributed by atoms with Crippen LogP contribution in [-0.2, 0) is 9.47 Å². The van der Waals surface area contributed by atoms with Gasteiger partial charge in [-0.15, -0.1) is 0 Å². The fourth-order valence-electron chi connectivity index (χ4n) is 2.35. The molecule has 1 N–H and O–H groups in total. The topological polar surface area (TPSA) is 42.9 Å². The lowest BCUT2D eigenvalue weighted by atomic mass is 10.0. The summed E-state index contributed by atoms with van der Waals surface area (Å²) in [6, 6.07) is 0.554. The fourth-order valence-corrected chi connectivity index (χ4v) is 2.35. The molecule has 4 nitrogen and oxygen atoms in total. The first-order valence-electron chi connectivity index (χ1n) is 7.99. The highest BCUT2D eigenvalue weighted by atomic mass is 16.5. The summed E-state index contributed by atoms with van der Waals surface area (Å²) in [4.78, 5) is 4.81. The van der Waals surface area contributed by atoms with E-state index in [-0.39, 0.29) is 6.04 Å². The van der Waals surface area contributed by atoms with Crippen LogP contribution in [0.3, 0.4) is 0 Å². The molecule has 2 unspecified atom stereocenters. The zero-order valence-electron chi connectivity index (χ0n) is 13.9. The molecule has 0 spiro atoms. The second kappa shape index (κ2) is 9.61. The maximum atomic E-state index is 5.79. The second-order valence-corrected chi connectivity index (χ2v) is 5.54. The van der Waals surface area contributed by atoms with Crippen LogP contribution < -0.4 is 5.32 Å². The van der Waals surface area contributed by atoms with E-state index < -0.39 is 0 Å². The number of aliphatic imine (C=N–C) groups is 1. The van der Waals surface area contributed by atoms with Crippen molar-refractivity contribution in [2.24, 2.45) is 4.99 Å². The number of nitrogens with zero attached hydrogens (tertiary/aromatic N) is 1. The van der Waals surface area contributed by atoms with E-state index in [9.17, 15) is 0 Å². The van der Waals surface area contributed by atoms with Crippen LogP contribution >= 0.6 is 0 Å². The zero-order chi connectivity index (χ0) is 15.7. The van der Waals surface area contributed by atoms with Crippen molar-refractivity contribution in [2.75, 3.05) is 20.3 Å². The highest BCUT2D eigenvalue weighted by Gasteiger charge is 2.21. The van der Waals surface area contributed by atoms with Crippen LogP contribution in [0.1, 0.15) is 46.5 Å². The van der Waals surface area contributed by atoms with E-state index in [1.165, 1.54) is 0 Å². The van der Waals surface area contributed by atoms with Gasteiger partial charge >= 0.3 is 0 Å². The molecule has 0 aromatic carbocycles. The average molecular weight is 294 g/mol.